The number of anilines is 1. The summed E-state index contributed by atoms with van der Waals surface area (Å²) >= 11 is 0. The standard InChI is InChI=1S/C19H14N2O3/c1-12-10-16(21-24-12)19(22)20-15-8-6-13(7-9-15)18-11-14-4-2-3-5-17(14)23-18/h2-11H,1H3,(H,20,22). The number of benzene rings is 2. The van der Waals surface area contributed by atoms with Crippen LogP contribution >= 0.6 is 0 Å². The third-order valence-electron chi connectivity index (χ3n) is 3.71. The quantitative estimate of drug-likeness (QED) is 0.597. The number of aryl methyl sites for hydroxylation is 1. The summed E-state index contributed by atoms with van der Waals surface area (Å²) in [6.45, 7) is 1.74. The van der Waals surface area contributed by atoms with Crippen LogP contribution in [0.4, 0.5) is 5.69 Å². The van der Waals surface area contributed by atoms with Crippen LogP contribution in [-0.2, 0) is 0 Å². The zero-order valence-corrected chi connectivity index (χ0v) is 12.9. The molecule has 0 fully saturated rings. The van der Waals surface area contributed by atoms with Crippen molar-refractivity contribution in [3.8, 4) is 11.3 Å². The third-order valence-corrected chi connectivity index (χ3v) is 3.71. The van der Waals surface area contributed by atoms with Gasteiger partial charge in [0, 0.05) is 22.7 Å². The van der Waals surface area contributed by atoms with Gasteiger partial charge in [-0.1, -0.05) is 23.4 Å². The first-order chi connectivity index (χ1) is 11.7. The zero-order valence-electron chi connectivity index (χ0n) is 12.9. The molecule has 0 saturated heterocycles. The van der Waals surface area contributed by atoms with E-state index >= 15 is 0 Å². The highest BCUT2D eigenvalue weighted by molar-refractivity contribution is 6.02. The van der Waals surface area contributed by atoms with Gasteiger partial charge in [-0.15, -0.1) is 0 Å². The molecule has 2 aromatic carbocycles. The van der Waals surface area contributed by atoms with Crippen molar-refractivity contribution in [1.82, 2.24) is 5.16 Å². The fourth-order valence-corrected chi connectivity index (χ4v) is 2.51. The van der Waals surface area contributed by atoms with Gasteiger partial charge in [0.1, 0.15) is 17.1 Å². The Morgan fingerprint density at radius 1 is 1.04 bits per heavy atom. The Morgan fingerprint density at radius 2 is 1.83 bits per heavy atom. The molecule has 24 heavy (non-hydrogen) atoms. The van der Waals surface area contributed by atoms with Gasteiger partial charge in [0.2, 0.25) is 0 Å². The summed E-state index contributed by atoms with van der Waals surface area (Å²) in [7, 11) is 0. The van der Waals surface area contributed by atoms with Crippen LogP contribution in [0.2, 0.25) is 0 Å². The molecule has 0 aliphatic rings. The second kappa shape index (κ2) is 5.70. The van der Waals surface area contributed by atoms with Crippen LogP contribution < -0.4 is 5.32 Å². The number of aromatic nitrogens is 1. The predicted octanol–water partition coefficient (Wildman–Crippen LogP) is 4.65. The molecular formula is C19H14N2O3. The van der Waals surface area contributed by atoms with E-state index in [2.05, 4.69) is 10.5 Å². The third kappa shape index (κ3) is 2.67. The fraction of sp³-hybridized carbons (Fsp3) is 0.0526. The van der Waals surface area contributed by atoms with E-state index in [-0.39, 0.29) is 11.6 Å². The number of fused-ring (bicyclic) bond motifs is 1. The Hall–Kier alpha value is -3.34. The first-order valence-corrected chi connectivity index (χ1v) is 7.53. The zero-order chi connectivity index (χ0) is 16.5. The molecule has 0 bridgehead atoms. The van der Waals surface area contributed by atoms with E-state index in [1.54, 1.807) is 13.0 Å². The van der Waals surface area contributed by atoms with Crippen molar-refractivity contribution in [2.75, 3.05) is 5.32 Å². The van der Waals surface area contributed by atoms with Crippen LogP contribution in [0.15, 0.2) is 69.6 Å². The highest BCUT2D eigenvalue weighted by atomic mass is 16.5. The smallest absolute Gasteiger partial charge is 0.277 e. The molecule has 118 valence electrons. The van der Waals surface area contributed by atoms with E-state index in [4.69, 9.17) is 8.94 Å². The minimum Gasteiger partial charge on any atom is -0.456 e. The number of carbonyl (C=O) groups excluding carboxylic acids is 1. The Morgan fingerprint density at radius 3 is 2.54 bits per heavy atom. The number of hydrogen-bond acceptors (Lipinski definition) is 4. The van der Waals surface area contributed by atoms with Crippen molar-refractivity contribution in [3.05, 3.63) is 72.1 Å². The molecule has 0 radical (unpaired) electrons. The number of amides is 1. The molecule has 0 saturated carbocycles. The Labute approximate surface area is 137 Å². The number of furan rings is 1. The summed E-state index contributed by atoms with van der Waals surface area (Å²) in [5, 5.41) is 7.55. The molecule has 2 aromatic heterocycles. The lowest BCUT2D eigenvalue weighted by Gasteiger charge is -2.03. The van der Waals surface area contributed by atoms with Crippen molar-refractivity contribution < 1.29 is 13.7 Å². The molecule has 1 N–H and O–H groups in total. The number of hydrogen-bond donors (Lipinski definition) is 1. The van der Waals surface area contributed by atoms with Crippen LogP contribution in [0.25, 0.3) is 22.3 Å². The van der Waals surface area contributed by atoms with E-state index in [1.807, 2.05) is 54.6 Å². The van der Waals surface area contributed by atoms with Crippen LogP contribution in [0, 0.1) is 6.92 Å². The van der Waals surface area contributed by atoms with E-state index in [0.717, 1.165) is 22.3 Å². The molecule has 5 heteroatoms. The summed E-state index contributed by atoms with van der Waals surface area (Å²) in [6.07, 6.45) is 0. The normalized spacial score (nSPS) is 10.9. The molecule has 4 rings (SSSR count). The SMILES string of the molecule is Cc1cc(C(=O)Nc2ccc(-c3cc4ccccc4o3)cc2)no1. The molecule has 2 heterocycles. The molecule has 0 spiro atoms. The van der Waals surface area contributed by atoms with Gasteiger partial charge in [-0.05, 0) is 43.3 Å². The molecule has 0 unspecified atom stereocenters. The van der Waals surface area contributed by atoms with Crippen molar-refractivity contribution in [1.29, 1.82) is 0 Å². The first-order valence-electron chi connectivity index (χ1n) is 7.53. The summed E-state index contributed by atoms with van der Waals surface area (Å²) in [6, 6.07) is 18.9. The molecule has 4 aromatic rings. The monoisotopic (exact) mass is 318 g/mol. The number of nitrogens with one attached hydrogen (secondary N) is 1. The topological polar surface area (TPSA) is 68.3 Å². The maximum Gasteiger partial charge on any atom is 0.277 e. The maximum absolute atomic E-state index is 12.0. The van der Waals surface area contributed by atoms with E-state index in [1.165, 1.54) is 0 Å². The maximum atomic E-state index is 12.0. The Kier molecular flexibility index (Phi) is 3.39. The summed E-state index contributed by atoms with van der Waals surface area (Å²) < 4.78 is 10.7. The van der Waals surface area contributed by atoms with Gasteiger partial charge in [0.25, 0.3) is 5.91 Å². The average molecular weight is 318 g/mol. The largest absolute Gasteiger partial charge is 0.456 e. The molecular weight excluding hydrogens is 304 g/mol. The van der Waals surface area contributed by atoms with E-state index in [9.17, 15) is 4.79 Å². The number of carbonyl (C=O) groups is 1. The lowest BCUT2D eigenvalue weighted by atomic mass is 10.1. The minimum absolute atomic E-state index is 0.258. The van der Waals surface area contributed by atoms with Gasteiger partial charge in [-0.25, -0.2) is 0 Å². The Balaban J connectivity index is 1.55. The van der Waals surface area contributed by atoms with Crippen LogP contribution in [0.3, 0.4) is 0 Å². The van der Waals surface area contributed by atoms with E-state index < -0.39 is 0 Å². The van der Waals surface area contributed by atoms with Gasteiger partial charge in [-0.3, -0.25) is 4.79 Å². The van der Waals surface area contributed by atoms with Crippen LogP contribution in [0.1, 0.15) is 16.2 Å². The van der Waals surface area contributed by atoms with Crippen LogP contribution in [0.5, 0.6) is 0 Å². The highest BCUT2D eigenvalue weighted by Gasteiger charge is 2.11. The number of para-hydroxylation sites is 1. The predicted molar refractivity (Wildman–Crippen MR) is 90.8 cm³/mol. The average Bonchev–Trinajstić information content (AvgIpc) is 3.21. The van der Waals surface area contributed by atoms with Crippen molar-refractivity contribution >= 4 is 22.6 Å². The fourth-order valence-electron chi connectivity index (χ4n) is 2.51. The lowest BCUT2D eigenvalue weighted by molar-refractivity contribution is 0.101. The van der Waals surface area contributed by atoms with E-state index in [0.29, 0.717) is 11.4 Å². The molecule has 1 amide bonds. The van der Waals surface area contributed by atoms with Gasteiger partial charge >= 0.3 is 0 Å². The summed E-state index contributed by atoms with van der Waals surface area (Å²) in [4.78, 5) is 12.0. The number of rotatable bonds is 3. The molecule has 0 atom stereocenters. The minimum atomic E-state index is -0.302. The van der Waals surface area contributed by atoms with Crippen molar-refractivity contribution in [3.63, 3.8) is 0 Å². The summed E-state index contributed by atoms with van der Waals surface area (Å²) in [5.74, 6) is 1.09. The number of nitrogens with zero attached hydrogens (tertiary/aromatic N) is 1. The van der Waals surface area contributed by atoms with Gasteiger partial charge in [-0.2, -0.15) is 0 Å². The second-order valence-electron chi connectivity index (χ2n) is 5.50. The van der Waals surface area contributed by atoms with Gasteiger partial charge in [0.15, 0.2) is 5.69 Å². The van der Waals surface area contributed by atoms with Gasteiger partial charge in [0.05, 0.1) is 0 Å². The summed E-state index contributed by atoms with van der Waals surface area (Å²) in [5.41, 5.74) is 2.74. The first kappa shape index (κ1) is 14.3. The van der Waals surface area contributed by atoms with Crippen molar-refractivity contribution in [2.24, 2.45) is 0 Å². The molecule has 0 aliphatic carbocycles. The lowest BCUT2D eigenvalue weighted by Crippen LogP contribution is -2.11. The molecule has 5 nitrogen and oxygen atoms in total. The molecule has 0 aliphatic heterocycles. The second-order valence-corrected chi connectivity index (χ2v) is 5.50. The van der Waals surface area contributed by atoms with Crippen LogP contribution in [-0.4, -0.2) is 11.1 Å². The van der Waals surface area contributed by atoms with Crippen molar-refractivity contribution in [2.45, 2.75) is 6.92 Å². The highest BCUT2D eigenvalue weighted by Crippen LogP contribution is 2.28. The Bertz CT molecular complexity index is 979. The van der Waals surface area contributed by atoms with Gasteiger partial charge < -0.3 is 14.3 Å².